The van der Waals surface area contributed by atoms with Crippen molar-refractivity contribution in [3.05, 3.63) is 0 Å². The lowest BCUT2D eigenvalue weighted by atomic mass is 9.79. The van der Waals surface area contributed by atoms with E-state index in [2.05, 4.69) is 20.8 Å². The number of nitrogens with two attached hydrogens (primary N) is 1. The molecule has 0 aromatic carbocycles. The molecule has 0 amide bonds. The molecule has 2 unspecified atom stereocenters. The summed E-state index contributed by atoms with van der Waals surface area (Å²) in [6.45, 7) is 8.51. The van der Waals surface area contributed by atoms with Gasteiger partial charge in [0.05, 0.1) is 5.92 Å². The average molecular weight is 187 g/mol. The van der Waals surface area contributed by atoms with E-state index in [1.165, 1.54) is 0 Å². The zero-order valence-corrected chi connectivity index (χ0v) is 9.00. The predicted molar refractivity (Wildman–Crippen MR) is 53.4 cm³/mol. The minimum atomic E-state index is -0.778. The van der Waals surface area contributed by atoms with Crippen molar-refractivity contribution in [1.29, 1.82) is 0 Å². The second-order valence-electron chi connectivity index (χ2n) is 4.92. The van der Waals surface area contributed by atoms with Crippen LogP contribution in [0.5, 0.6) is 0 Å². The van der Waals surface area contributed by atoms with Gasteiger partial charge in [-0.15, -0.1) is 0 Å². The molecule has 0 aliphatic rings. The number of aliphatic carboxylic acids is 1. The van der Waals surface area contributed by atoms with Crippen LogP contribution in [0.25, 0.3) is 0 Å². The molecule has 0 radical (unpaired) electrons. The first-order valence-corrected chi connectivity index (χ1v) is 4.71. The Labute approximate surface area is 80.3 Å². The Morgan fingerprint density at radius 1 is 1.46 bits per heavy atom. The van der Waals surface area contributed by atoms with Crippen molar-refractivity contribution < 1.29 is 9.90 Å². The number of hydrogen-bond acceptors (Lipinski definition) is 2. The van der Waals surface area contributed by atoms with E-state index in [1.54, 1.807) is 0 Å². The molecule has 0 aliphatic heterocycles. The molecule has 0 aromatic heterocycles. The van der Waals surface area contributed by atoms with Crippen LogP contribution in [0.3, 0.4) is 0 Å². The Morgan fingerprint density at radius 2 is 1.92 bits per heavy atom. The Morgan fingerprint density at radius 3 is 2.15 bits per heavy atom. The fourth-order valence-corrected chi connectivity index (χ4v) is 1.68. The van der Waals surface area contributed by atoms with Gasteiger partial charge in [0.15, 0.2) is 0 Å². The highest BCUT2D eigenvalue weighted by Crippen LogP contribution is 2.28. The van der Waals surface area contributed by atoms with Crippen LogP contribution in [0.4, 0.5) is 0 Å². The van der Waals surface area contributed by atoms with Gasteiger partial charge in [-0.1, -0.05) is 27.7 Å². The number of hydrogen-bond donors (Lipinski definition) is 2. The lowest BCUT2D eigenvalue weighted by Crippen LogP contribution is -2.31. The number of carboxylic acid groups (broad SMARTS) is 1. The van der Waals surface area contributed by atoms with Crippen LogP contribution in [0, 0.1) is 17.3 Å². The van der Waals surface area contributed by atoms with E-state index in [9.17, 15) is 4.79 Å². The molecule has 0 saturated heterocycles. The maximum absolute atomic E-state index is 10.8. The van der Waals surface area contributed by atoms with Gasteiger partial charge in [0.1, 0.15) is 0 Å². The SMILES string of the molecule is CC(CC(C)(C)C)C(CN)C(=O)O. The van der Waals surface area contributed by atoms with Gasteiger partial charge in [0.2, 0.25) is 0 Å². The van der Waals surface area contributed by atoms with Crippen LogP contribution in [-0.4, -0.2) is 17.6 Å². The topological polar surface area (TPSA) is 63.3 Å². The minimum absolute atomic E-state index is 0.141. The second-order valence-corrected chi connectivity index (χ2v) is 4.92. The highest BCUT2D eigenvalue weighted by atomic mass is 16.4. The number of carboxylic acids is 1. The second kappa shape index (κ2) is 4.61. The normalized spacial score (nSPS) is 16.7. The first kappa shape index (κ1) is 12.4. The molecule has 13 heavy (non-hydrogen) atoms. The fourth-order valence-electron chi connectivity index (χ4n) is 1.68. The predicted octanol–water partition coefficient (Wildman–Crippen LogP) is 1.72. The van der Waals surface area contributed by atoms with Gasteiger partial charge in [0.25, 0.3) is 0 Å². The Bertz CT molecular complexity index is 172. The molecular formula is C10H21NO2. The van der Waals surface area contributed by atoms with Crippen LogP contribution < -0.4 is 5.73 Å². The third-order valence-electron chi connectivity index (χ3n) is 2.19. The molecule has 0 bridgehead atoms. The summed E-state index contributed by atoms with van der Waals surface area (Å²) in [7, 11) is 0. The molecule has 0 aromatic rings. The average Bonchev–Trinajstić information content (AvgIpc) is 1.82. The maximum Gasteiger partial charge on any atom is 0.308 e. The fraction of sp³-hybridized carbons (Fsp3) is 0.900. The Balaban J connectivity index is 4.22. The van der Waals surface area contributed by atoms with E-state index >= 15 is 0 Å². The van der Waals surface area contributed by atoms with E-state index in [1.807, 2.05) is 6.92 Å². The first-order chi connectivity index (χ1) is 5.78. The smallest absolute Gasteiger partial charge is 0.308 e. The maximum atomic E-state index is 10.8. The van der Waals surface area contributed by atoms with Gasteiger partial charge in [0, 0.05) is 6.54 Å². The molecule has 3 N–H and O–H groups in total. The standard InChI is InChI=1S/C10H21NO2/c1-7(5-10(2,3)4)8(6-11)9(12)13/h7-8H,5-6,11H2,1-4H3,(H,12,13). The highest BCUT2D eigenvalue weighted by molar-refractivity contribution is 5.70. The van der Waals surface area contributed by atoms with Crippen molar-refractivity contribution in [2.45, 2.75) is 34.1 Å². The van der Waals surface area contributed by atoms with Crippen LogP contribution in [0.2, 0.25) is 0 Å². The third kappa shape index (κ3) is 4.88. The quantitative estimate of drug-likeness (QED) is 0.704. The van der Waals surface area contributed by atoms with E-state index in [4.69, 9.17) is 10.8 Å². The molecule has 78 valence electrons. The van der Waals surface area contributed by atoms with Gasteiger partial charge in [-0.3, -0.25) is 4.79 Å². The van der Waals surface area contributed by atoms with Gasteiger partial charge in [-0.25, -0.2) is 0 Å². The van der Waals surface area contributed by atoms with E-state index < -0.39 is 11.9 Å². The zero-order chi connectivity index (χ0) is 10.6. The van der Waals surface area contributed by atoms with Gasteiger partial charge >= 0.3 is 5.97 Å². The van der Waals surface area contributed by atoms with E-state index in [-0.39, 0.29) is 17.9 Å². The molecule has 0 aliphatic carbocycles. The summed E-state index contributed by atoms with van der Waals surface area (Å²) in [5, 5.41) is 8.86. The van der Waals surface area contributed by atoms with Gasteiger partial charge < -0.3 is 10.8 Å². The minimum Gasteiger partial charge on any atom is -0.481 e. The molecular weight excluding hydrogens is 166 g/mol. The van der Waals surface area contributed by atoms with Crippen molar-refractivity contribution in [2.24, 2.45) is 23.0 Å². The van der Waals surface area contributed by atoms with Gasteiger partial charge in [-0.2, -0.15) is 0 Å². The summed E-state index contributed by atoms with van der Waals surface area (Å²) < 4.78 is 0. The molecule has 0 heterocycles. The summed E-state index contributed by atoms with van der Waals surface area (Å²) in [5.74, 6) is -1.04. The monoisotopic (exact) mass is 187 g/mol. The molecule has 3 nitrogen and oxygen atoms in total. The summed E-state index contributed by atoms with van der Waals surface area (Å²) in [5.41, 5.74) is 5.58. The van der Waals surface area contributed by atoms with Crippen LogP contribution in [0.1, 0.15) is 34.1 Å². The molecule has 0 rings (SSSR count). The summed E-state index contributed by atoms with van der Waals surface area (Å²) in [6, 6.07) is 0. The lowest BCUT2D eigenvalue weighted by Gasteiger charge is -2.26. The zero-order valence-electron chi connectivity index (χ0n) is 9.00. The Hall–Kier alpha value is -0.570. The van der Waals surface area contributed by atoms with Crippen molar-refractivity contribution >= 4 is 5.97 Å². The summed E-state index contributed by atoms with van der Waals surface area (Å²) >= 11 is 0. The Kier molecular flexibility index (Phi) is 4.40. The summed E-state index contributed by atoms with van der Waals surface area (Å²) in [4.78, 5) is 10.8. The van der Waals surface area contributed by atoms with Crippen molar-refractivity contribution in [1.82, 2.24) is 0 Å². The molecule has 0 fully saturated rings. The molecule has 3 heteroatoms. The van der Waals surface area contributed by atoms with Crippen molar-refractivity contribution in [2.75, 3.05) is 6.54 Å². The van der Waals surface area contributed by atoms with Crippen molar-refractivity contribution in [3.63, 3.8) is 0 Å². The lowest BCUT2D eigenvalue weighted by molar-refractivity contribution is -0.143. The molecule has 0 saturated carbocycles. The largest absolute Gasteiger partial charge is 0.481 e. The summed E-state index contributed by atoms with van der Waals surface area (Å²) in [6.07, 6.45) is 0.890. The van der Waals surface area contributed by atoms with Crippen molar-refractivity contribution in [3.8, 4) is 0 Å². The first-order valence-electron chi connectivity index (χ1n) is 4.71. The van der Waals surface area contributed by atoms with Crippen LogP contribution >= 0.6 is 0 Å². The number of carbonyl (C=O) groups is 1. The van der Waals surface area contributed by atoms with Crippen LogP contribution in [0.15, 0.2) is 0 Å². The number of rotatable bonds is 4. The molecule has 2 atom stereocenters. The van der Waals surface area contributed by atoms with Gasteiger partial charge in [-0.05, 0) is 17.8 Å². The third-order valence-corrected chi connectivity index (χ3v) is 2.19. The van der Waals surface area contributed by atoms with E-state index in [0.29, 0.717) is 0 Å². The molecule has 0 spiro atoms. The highest BCUT2D eigenvalue weighted by Gasteiger charge is 2.26. The van der Waals surface area contributed by atoms with E-state index in [0.717, 1.165) is 6.42 Å². The van der Waals surface area contributed by atoms with Crippen LogP contribution in [-0.2, 0) is 4.79 Å².